The average molecular weight is 515 g/mol. The van der Waals surface area contributed by atoms with Crippen LogP contribution < -0.4 is 4.90 Å². The van der Waals surface area contributed by atoms with Crippen LogP contribution in [0.25, 0.3) is 44.8 Å². The molecule has 0 saturated carbocycles. The Bertz CT molecular complexity index is 1620. The maximum Gasteiger partial charge on any atom is 0.261 e. The third-order valence-electron chi connectivity index (χ3n) is 7.57. The number of halogens is 2. The highest BCUT2D eigenvalue weighted by molar-refractivity contribution is 5.95. The predicted molar refractivity (Wildman–Crippen MR) is 143 cm³/mol. The Morgan fingerprint density at radius 3 is 2.66 bits per heavy atom. The van der Waals surface area contributed by atoms with Gasteiger partial charge >= 0.3 is 0 Å². The van der Waals surface area contributed by atoms with Crippen molar-refractivity contribution in [3.63, 3.8) is 0 Å². The Balaban J connectivity index is 1.22. The Morgan fingerprint density at radius 1 is 0.921 bits per heavy atom. The zero-order valence-corrected chi connectivity index (χ0v) is 20.9. The maximum atomic E-state index is 13.6. The number of H-pyrrole nitrogens is 2. The number of likely N-dealkylation sites (tertiary alicyclic amines) is 1. The molecule has 8 nitrogen and oxygen atoms in total. The van der Waals surface area contributed by atoms with E-state index in [1.165, 1.54) is 19.3 Å². The summed E-state index contributed by atoms with van der Waals surface area (Å²) in [5.74, 6) is -1.94. The highest BCUT2D eigenvalue weighted by Gasteiger charge is 2.37. The molecule has 194 valence electrons. The number of benzene rings is 1. The number of anilines is 1. The van der Waals surface area contributed by atoms with E-state index in [1.54, 1.807) is 17.3 Å². The van der Waals surface area contributed by atoms with Gasteiger partial charge in [0.2, 0.25) is 0 Å². The minimum absolute atomic E-state index is 0.0943. The van der Waals surface area contributed by atoms with Crippen molar-refractivity contribution in [2.75, 3.05) is 31.1 Å². The van der Waals surface area contributed by atoms with Gasteiger partial charge in [-0.25, -0.2) is 18.7 Å². The van der Waals surface area contributed by atoms with Crippen LogP contribution in [-0.4, -0.2) is 67.1 Å². The van der Waals surface area contributed by atoms with Gasteiger partial charge in [-0.05, 0) is 55.2 Å². The number of nitrogens with one attached hydrogen (secondary N) is 2. The predicted octanol–water partition coefficient (Wildman–Crippen LogP) is 5.39. The topological polar surface area (TPSA) is 89.6 Å². The molecule has 0 unspecified atom stereocenters. The van der Waals surface area contributed by atoms with E-state index in [4.69, 9.17) is 9.97 Å². The van der Waals surface area contributed by atoms with Crippen molar-refractivity contribution < 1.29 is 8.78 Å². The third kappa shape index (κ3) is 4.28. The molecule has 2 aliphatic rings. The third-order valence-corrected chi connectivity index (χ3v) is 7.57. The van der Waals surface area contributed by atoms with Crippen LogP contribution >= 0.6 is 0 Å². The lowest BCUT2D eigenvalue weighted by molar-refractivity contribution is 0.0115. The Kier molecular flexibility index (Phi) is 5.57. The molecule has 4 aromatic heterocycles. The molecule has 5 aromatic rings. The fraction of sp³-hybridized carbons (Fsp3) is 0.357. The van der Waals surface area contributed by atoms with Gasteiger partial charge in [0.05, 0.1) is 29.0 Å². The quantitative estimate of drug-likeness (QED) is 0.327. The molecule has 0 bridgehead atoms. The van der Waals surface area contributed by atoms with Crippen LogP contribution in [0.4, 0.5) is 14.5 Å². The first-order chi connectivity index (χ1) is 18.5. The second-order valence-electron chi connectivity index (χ2n) is 10.4. The van der Waals surface area contributed by atoms with E-state index in [2.05, 4.69) is 37.2 Å². The Morgan fingerprint density at radius 2 is 1.82 bits per heavy atom. The smallest absolute Gasteiger partial charge is 0.261 e. The first kappa shape index (κ1) is 23.2. The van der Waals surface area contributed by atoms with Gasteiger partial charge < -0.3 is 9.88 Å². The summed E-state index contributed by atoms with van der Waals surface area (Å²) in [5.41, 5.74) is 7.71. The molecule has 0 amide bonds. The normalized spacial score (nSPS) is 18.1. The van der Waals surface area contributed by atoms with Crippen molar-refractivity contribution in [3.05, 3.63) is 54.4 Å². The summed E-state index contributed by atoms with van der Waals surface area (Å²) in [4.78, 5) is 21.9. The van der Waals surface area contributed by atoms with Crippen LogP contribution in [0.3, 0.4) is 0 Å². The Hall–Kier alpha value is -3.92. The number of fused-ring (bicyclic) bond motifs is 2. The van der Waals surface area contributed by atoms with Crippen LogP contribution in [0.1, 0.15) is 31.2 Å². The number of para-hydroxylation sites is 1. The lowest BCUT2D eigenvalue weighted by atomic mass is 10.1. The van der Waals surface area contributed by atoms with Crippen LogP contribution in [0, 0.1) is 0 Å². The lowest BCUT2D eigenvalue weighted by Gasteiger charge is -2.28. The molecule has 1 aromatic carbocycles. The fourth-order valence-corrected chi connectivity index (χ4v) is 5.66. The first-order valence-corrected chi connectivity index (χ1v) is 13.2. The summed E-state index contributed by atoms with van der Waals surface area (Å²) < 4.78 is 27.3. The summed E-state index contributed by atoms with van der Waals surface area (Å²) in [5, 5.41) is 7.63. The molecule has 6 heterocycles. The number of nitrogens with zero attached hydrogens (tertiary/aromatic N) is 6. The largest absolute Gasteiger partial charge is 0.370 e. The van der Waals surface area contributed by atoms with E-state index < -0.39 is 5.92 Å². The van der Waals surface area contributed by atoms with Crippen molar-refractivity contribution in [2.24, 2.45) is 0 Å². The molecular formula is C28H28F2N8. The number of piperidine rings is 1. The van der Waals surface area contributed by atoms with E-state index in [0.717, 1.165) is 52.1 Å². The average Bonchev–Trinajstić information content (AvgIpc) is 3.64. The van der Waals surface area contributed by atoms with Crippen molar-refractivity contribution in [3.8, 4) is 22.8 Å². The molecule has 2 fully saturated rings. The number of aromatic amines is 2. The van der Waals surface area contributed by atoms with E-state index >= 15 is 0 Å². The second kappa shape index (κ2) is 9.13. The number of alkyl halides is 2. The minimum Gasteiger partial charge on any atom is -0.370 e. The van der Waals surface area contributed by atoms with Crippen molar-refractivity contribution in [1.82, 2.24) is 35.0 Å². The molecular weight excluding hydrogens is 486 g/mol. The van der Waals surface area contributed by atoms with Gasteiger partial charge in [-0.1, -0.05) is 6.07 Å². The van der Waals surface area contributed by atoms with Gasteiger partial charge in [0.1, 0.15) is 11.0 Å². The monoisotopic (exact) mass is 514 g/mol. The van der Waals surface area contributed by atoms with Gasteiger partial charge in [0.15, 0.2) is 11.5 Å². The van der Waals surface area contributed by atoms with Crippen LogP contribution in [0.5, 0.6) is 0 Å². The number of imidazole rings is 1. The minimum atomic E-state index is -2.61. The molecule has 7 rings (SSSR count). The standard InChI is InChI=1S/C28H28F2N8/c29-28(30)9-12-37(17-28)16-18-13-19(15-31-14-18)20-7-8-22-25(32-20)26(36-35-22)27-33-21-5-4-6-23(24(21)34-27)38-10-2-1-3-11-38/h4-8,13-15H,1-3,9-12,16-17H2,(H,33,34)(H,35,36). The molecule has 2 N–H and O–H groups in total. The summed E-state index contributed by atoms with van der Waals surface area (Å²) in [6.07, 6.45) is 7.06. The van der Waals surface area contributed by atoms with Crippen molar-refractivity contribution >= 4 is 27.8 Å². The summed E-state index contributed by atoms with van der Waals surface area (Å²) in [7, 11) is 0. The lowest BCUT2D eigenvalue weighted by Crippen LogP contribution is -2.29. The summed E-state index contributed by atoms with van der Waals surface area (Å²) in [6, 6.07) is 12.1. The molecule has 2 aliphatic heterocycles. The zero-order chi connectivity index (χ0) is 25.7. The SMILES string of the molecule is FC1(F)CCN(Cc2cncc(-c3ccc4[nH]nc(-c5nc6c(N7CCCCC7)cccc6[nH]5)c4n3)c2)C1. The van der Waals surface area contributed by atoms with E-state index in [0.29, 0.717) is 30.1 Å². The molecule has 0 spiro atoms. The number of hydrogen-bond donors (Lipinski definition) is 2. The van der Waals surface area contributed by atoms with Crippen LogP contribution in [0.15, 0.2) is 48.8 Å². The summed E-state index contributed by atoms with van der Waals surface area (Å²) in [6.45, 7) is 2.71. The molecule has 0 radical (unpaired) electrons. The van der Waals surface area contributed by atoms with Gasteiger partial charge in [-0.15, -0.1) is 0 Å². The van der Waals surface area contributed by atoms with E-state index in [1.807, 2.05) is 24.3 Å². The zero-order valence-electron chi connectivity index (χ0n) is 20.9. The Labute approximate surface area is 218 Å². The summed E-state index contributed by atoms with van der Waals surface area (Å²) >= 11 is 0. The van der Waals surface area contributed by atoms with Gasteiger partial charge in [-0.3, -0.25) is 15.0 Å². The number of hydrogen-bond acceptors (Lipinski definition) is 6. The molecule has 0 aliphatic carbocycles. The van der Waals surface area contributed by atoms with Crippen LogP contribution in [0.2, 0.25) is 0 Å². The van der Waals surface area contributed by atoms with Gasteiger partial charge in [0, 0.05) is 50.6 Å². The van der Waals surface area contributed by atoms with Gasteiger partial charge in [-0.2, -0.15) is 5.10 Å². The maximum absolute atomic E-state index is 13.6. The second-order valence-corrected chi connectivity index (χ2v) is 10.4. The molecule has 0 atom stereocenters. The molecule has 10 heteroatoms. The van der Waals surface area contributed by atoms with Crippen molar-refractivity contribution in [2.45, 2.75) is 38.2 Å². The number of aromatic nitrogens is 6. The number of pyridine rings is 2. The fourth-order valence-electron chi connectivity index (χ4n) is 5.66. The highest BCUT2D eigenvalue weighted by atomic mass is 19.3. The van der Waals surface area contributed by atoms with Crippen LogP contribution in [-0.2, 0) is 6.54 Å². The number of rotatable bonds is 5. The molecule has 2 saturated heterocycles. The van der Waals surface area contributed by atoms with E-state index in [-0.39, 0.29) is 13.0 Å². The van der Waals surface area contributed by atoms with Crippen molar-refractivity contribution in [1.29, 1.82) is 0 Å². The molecule has 38 heavy (non-hydrogen) atoms. The highest BCUT2D eigenvalue weighted by Crippen LogP contribution is 2.33. The van der Waals surface area contributed by atoms with Gasteiger partial charge in [0.25, 0.3) is 5.92 Å². The first-order valence-electron chi connectivity index (χ1n) is 13.2. The van der Waals surface area contributed by atoms with E-state index in [9.17, 15) is 8.78 Å².